The molecule has 1 aromatic carbocycles. The van der Waals surface area contributed by atoms with Crippen molar-refractivity contribution in [2.24, 2.45) is 0 Å². The highest BCUT2D eigenvalue weighted by Gasteiger charge is 2.26. The van der Waals surface area contributed by atoms with Crippen molar-refractivity contribution >= 4 is 35.1 Å². The molecule has 1 fully saturated rings. The van der Waals surface area contributed by atoms with Gasteiger partial charge in [0, 0.05) is 23.1 Å². The molecule has 1 amide bonds. The van der Waals surface area contributed by atoms with Crippen molar-refractivity contribution in [2.45, 2.75) is 18.9 Å². The molecule has 2 rings (SSSR count). The molecule has 5 nitrogen and oxygen atoms in total. The lowest BCUT2D eigenvalue weighted by Crippen LogP contribution is -2.46. The summed E-state index contributed by atoms with van der Waals surface area (Å²) >= 11 is 11.9. The Labute approximate surface area is 132 Å². The van der Waals surface area contributed by atoms with Crippen LogP contribution in [0.25, 0.3) is 0 Å². The fraction of sp³-hybridized carbons (Fsp3) is 0.429. The highest BCUT2D eigenvalue weighted by atomic mass is 35.5. The maximum atomic E-state index is 12.3. The van der Waals surface area contributed by atoms with Crippen LogP contribution in [0.3, 0.4) is 0 Å². The number of carbonyl (C=O) groups excluding carboxylic acids is 1. The molecule has 1 aliphatic heterocycles. The highest BCUT2D eigenvalue weighted by Crippen LogP contribution is 2.22. The lowest BCUT2D eigenvalue weighted by atomic mass is 10.1. The highest BCUT2D eigenvalue weighted by molar-refractivity contribution is 6.33. The molecule has 0 unspecified atom stereocenters. The Bertz CT molecular complexity index is 550. The van der Waals surface area contributed by atoms with Crippen LogP contribution < -0.4 is 0 Å². The van der Waals surface area contributed by atoms with Gasteiger partial charge in [0.25, 0.3) is 0 Å². The van der Waals surface area contributed by atoms with Crippen LogP contribution in [-0.4, -0.2) is 47.7 Å². The lowest BCUT2D eigenvalue weighted by molar-refractivity contribution is -0.147. The summed E-state index contributed by atoms with van der Waals surface area (Å²) in [5.74, 6) is -1.05. The van der Waals surface area contributed by atoms with Crippen LogP contribution in [0.15, 0.2) is 18.2 Å². The van der Waals surface area contributed by atoms with Crippen LogP contribution in [0.1, 0.15) is 12.0 Å². The van der Waals surface area contributed by atoms with E-state index < -0.39 is 12.1 Å². The van der Waals surface area contributed by atoms with Crippen LogP contribution >= 0.6 is 23.2 Å². The van der Waals surface area contributed by atoms with Crippen LogP contribution in [0.4, 0.5) is 0 Å². The standard InChI is InChI=1S/C14H15Cl2NO4/c15-10-1-2-12(16)9(5-10)6-13(18)17-3-4-21-11(8-17)7-14(19)20/h1-2,5,11H,3-4,6-8H2,(H,19,20)/t11-/m0/s1. The van der Waals surface area contributed by atoms with Crippen molar-refractivity contribution in [3.8, 4) is 0 Å². The van der Waals surface area contributed by atoms with Gasteiger partial charge in [0.05, 0.1) is 25.6 Å². The summed E-state index contributed by atoms with van der Waals surface area (Å²) in [5.41, 5.74) is 0.662. The smallest absolute Gasteiger partial charge is 0.306 e. The second kappa shape index (κ2) is 7.11. The molecule has 1 heterocycles. The number of morpholine rings is 1. The molecule has 1 aliphatic rings. The van der Waals surface area contributed by atoms with E-state index >= 15 is 0 Å². The van der Waals surface area contributed by atoms with E-state index in [2.05, 4.69) is 0 Å². The van der Waals surface area contributed by atoms with Crippen LogP contribution in [0.2, 0.25) is 10.0 Å². The number of carboxylic acid groups (broad SMARTS) is 1. The minimum atomic E-state index is -0.938. The first-order valence-corrected chi connectivity index (χ1v) is 7.26. The number of carboxylic acids is 1. The quantitative estimate of drug-likeness (QED) is 0.918. The molecule has 0 aromatic heterocycles. The van der Waals surface area contributed by atoms with Crippen LogP contribution in [0, 0.1) is 0 Å². The SMILES string of the molecule is O=C(O)C[C@H]1CN(C(=O)Cc2cc(Cl)ccc2Cl)CCO1. The number of hydrogen-bond acceptors (Lipinski definition) is 3. The minimum Gasteiger partial charge on any atom is -0.481 e. The largest absolute Gasteiger partial charge is 0.481 e. The number of halogens is 2. The maximum absolute atomic E-state index is 12.3. The second-order valence-corrected chi connectivity index (χ2v) is 5.69. The van der Waals surface area contributed by atoms with Gasteiger partial charge >= 0.3 is 5.97 Å². The Hall–Kier alpha value is -1.30. The van der Waals surface area contributed by atoms with E-state index in [4.69, 9.17) is 33.0 Å². The van der Waals surface area contributed by atoms with Crippen molar-refractivity contribution in [2.75, 3.05) is 19.7 Å². The zero-order chi connectivity index (χ0) is 15.4. The molecule has 7 heteroatoms. The fourth-order valence-corrected chi connectivity index (χ4v) is 2.60. The first-order valence-electron chi connectivity index (χ1n) is 6.51. The molecular formula is C14H15Cl2NO4. The van der Waals surface area contributed by atoms with Crippen molar-refractivity contribution < 1.29 is 19.4 Å². The molecule has 1 N–H and O–H groups in total. The third-order valence-corrected chi connectivity index (χ3v) is 3.85. The number of amides is 1. The Morgan fingerprint density at radius 3 is 2.86 bits per heavy atom. The van der Waals surface area contributed by atoms with Gasteiger partial charge in [-0.25, -0.2) is 0 Å². The zero-order valence-corrected chi connectivity index (χ0v) is 12.7. The Balaban J connectivity index is 1.99. The summed E-state index contributed by atoms with van der Waals surface area (Å²) < 4.78 is 5.34. The summed E-state index contributed by atoms with van der Waals surface area (Å²) in [5, 5.41) is 9.79. The second-order valence-electron chi connectivity index (χ2n) is 4.84. The Kier molecular flexibility index (Phi) is 5.45. The van der Waals surface area contributed by atoms with E-state index in [1.807, 2.05) is 0 Å². The van der Waals surface area contributed by atoms with Gasteiger partial charge in [-0.1, -0.05) is 23.2 Å². The normalized spacial score (nSPS) is 18.6. The molecule has 0 radical (unpaired) electrons. The third-order valence-electron chi connectivity index (χ3n) is 3.24. The third kappa shape index (κ3) is 4.59. The molecule has 0 aliphatic carbocycles. The molecule has 1 saturated heterocycles. The molecule has 0 spiro atoms. The van der Waals surface area contributed by atoms with Gasteiger partial charge in [-0.15, -0.1) is 0 Å². The van der Waals surface area contributed by atoms with E-state index in [1.165, 1.54) is 0 Å². The number of nitrogens with zero attached hydrogens (tertiary/aromatic N) is 1. The van der Waals surface area contributed by atoms with Gasteiger partial charge in [0.15, 0.2) is 0 Å². The number of aliphatic carboxylic acids is 1. The van der Waals surface area contributed by atoms with Gasteiger partial charge in [-0.05, 0) is 23.8 Å². The minimum absolute atomic E-state index is 0.109. The van der Waals surface area contributed by atoms with Crippen molar-refractivity contribution in [1.29, 1.82) is 0 Å². The molecule has 21 heavy (non-hydrogen) atoms. The number of carbonyl (C=O) groups is 2. The molecule has 0 bridgehead atoms. The summed E-state index contributed by atoms with van der Waals surface area (Å²) in [7, 11) is 0. The molecule has 114 valence electrons. The van der Waals surface area contributed by atoms with Gasteiger partial charge in [0.2, 0.25) is 5.91 Å². The van der Waals surface area contributed by atoms with Crippen LogP contribution in [-0.2, 0) is 20.7 Å². The van der Waals surface area contributed by atoms with Crippen molar-refractivity contribution in [3.63, 3.8) is 0 Å². The number of benzene rings is 1. The Morgan fingerprint density at radius 1 is 1.38 bits per heavy atom. The first kappa shape index (κ1) is 16.1. The monoisotopic (exact) mass is 331 g/mol. The summed E-state index contributed by atoms with van der Waals surface area (Å²) in [6.07, 6.45) is -0.434. The van der Waals surface area contributed by atoms with Gasteiger partial charge in [0.1, 0.15) is 0 Å². The molecule has 1 aromatic rings. The lowest BCUT2D eigenvalue weighted by Gasteiger charge is -2.32. The summed E-state index contributed by atoms with van der Waals surface area (Å²) in [4.78, 5) is 24.6. The topological polar surface area (TPSA) is 66.8 Å². The Morgan fingerprint density at radius 2 is 2.14 bits per heavy atom. The maximum Gasteiger partial charge on any atom is 0.306 e. The number of ether oxygens (including phenoxy) is 1. The predicted octanol–water partition coefficient (Wildman–Crippen LogP) is 2.24. The van der Waals surface area contributed by atoms with Crippen LogP contribution in [0.5, 0.6) is 0 Å². The van der Waals surface area contributed by atoms with Crippen molar-refractivity contribution in [3.05, 3.63) is 33.8 Å². The van der Waals surface area contributed by atoms with E-state index in [9.17, 15) is 9.59 Å². The van der Waals surface area contributed by atoms with E-state index in [0.29, 0.717) is 28.8 Å². The fourth-order valence-electron chi connectivity index (χ4n) is 2.22. The van der Waals surface area contributed by atoms with E-state index in [0.717, 1.165) is 0 Å². The predicted molar refractivity (Wildman–Crippen MR) is 78.7 cm³/mol. The average Bonchev–Trinajstić information content (AvgIpc) is 2.42. The number of rotatable bonds is 4. The summed E-state index contributed by atoms with van der Waals surface area (Å²) in [6, 6.07) is 4.98. The number of hydrogen-bond donors (Lipinski definition) is 1. The zero-order valence-electron chi connectivity index (χ0n) is 11.2. The molecule has 0 saturated carbocycles. The molecular weight excluding hydrogens is 317 g/mol. The van der Waals surface area contributed by atoms with E-state index in [-0.39, 0.29) is 25.3 Å². The van der Waals surface area contributed by atoms with E-state index in [1.54, 1.807) is 23.1 Å². The average molecular weight is 332 g/mol. The molecule has 1 atom stereocenters. The van der Waals surface area contributed by atoms with Gasteiger partial charge in [-0.3, -0.25) is 9.59 Å². The van der Waals surface area contributed by atoms with Gasteiger partial charge in [-0.2, -0.15) is 0 Å². The summed E-state index contributed by atoms with van der Waals surface area (Å²) in [6.45, 7) is 1.07. The van der Waals surface area contributed by atoms with Gasteiger partial charge < -0.3 is 14.7 Å². The first-order chi connectivity index (χ1) is 9.95. The van der Waals surface area contributed by atoms with Crippen molar-refractivity contribution in [1.82, 2.24) is 4.90 Å².